The lowest BCUT2D eigenvalue weighted by atomic mass is 9.60. The van der Waals surface area contributed by atoms with Gasteiger partial charge in [0.15, 0.2) is 0 Å². The fraction of sp³-hybridized carbons (Fsp3) is 0.882. The van der Waals surface area contributed by atoms with Gasteiger partial charge in [0, 0.05) is 38.5 Å². The lowest BCUT2D eigenvalue weighted by Gasteiger charge is -2.54. The predicted molar refractivity (Wildman–Crippen MR) is 83.3 cm³/mol. The van der Waals surface area contributed by atoms with Crippen LogP contribution >= 0.6 is 0 Å². The smallest absolute Gasteiger partial charge is 0.309 e. The second-order valence-corrected chi connectivity index (χ2v) is 6.55. The maximum absolute atomic E-state index is 12.4. The molecule has 1 saturated carbocycles. The largest absolute Gasteiger partial charge is 0.461 e. The molecule has 1 aliphatic carbocycles. The van der Waals surface area contributed by atoms with Gasteiger partial charge in [-0.05, 0) is 26.2 Å². The molecule has 2 fully saturated rings. The molecule has 1 aliphatic heterocycles. The molecule has 0 spiro atoms. The van der Waals surface area contributed by atoms with Gasteiger partial charge in [-0.3, -0.25) is 9.59 Å². The fourth-order valence-electron chi connectivity index (χ4n) is 3.85. The van der Waals surface area contributed by atoms with Crippen LogP contribution < -0.4 is 0 Å². The first-order valence-corrected chi connectivity index (χ1v) is 8.54. The monoisotopic (exact) mass is 311 g/mol. The number of likely N-dealkylation sites (tertiary alicyclic amines) is 1. The number of rotatable bonds is 6. The first-order valence-electron chi connectivity index (χ1n) is 8.54. The van der Waals surface area contributed by atoms with Gasteiger partial charge in [0.1, 0.15) is 6.10 Å². The van der Waals surface area contributed by atoms with E-state index >= 15 is 0 Å². The van der Waals surface area contributed by atoms with Gasteiger partial charge < -0.3 is 14.4 Å². The van der Waals surface area contributed by atoms with Crippen LogP contribution in [0.15, 0.2) is 0 Å². The van der Waals surface area contributed by atoms with Crippen molar-refractivity contribution in [3.63, 3.8) is 0 Å². The number of carbonyl (C=O) groups excluding carboxylic acids is 2. The maximum atomic E-state index is 12.4. The SMILES string of the molecule is CCO[C@@H]1C[C@H](OC(=O)[C@H]2CCN(C)C(=O)C2)C1(CC)CC. The van der Waals surface area contributed by atoms with Crippen molar-refractivity contribution in [1.82, 2.24) is 4.90 Å². The molecule has 0 N–H and O–H groups in total. The second-order valence-electron chi connectivity index (χ2n) is 6.55. The Balaban J connectivity index is 1.95. The highest BCUT2D eigenvalue weighted by Gasteiger charge is 2.56. The van der Waals surface area contributed by atoms with E-state index in [9.17, 15) is 9.59 Å². The molecule has 2 rings (SSSR count). The minimum Gasteiger partial charge on any atom is -0.461 e. The Morgan fingerprint density at radius 1 is 1.27 bits per heavy atom. The standard InChI is InChI=1S/C17H29NO4/c1-5-17(6-2)13(21-7-3)11-14(17)22-16(20)12-8-9-18(4)15(19)10-12/h12-14H,5-11H2,1-4H3/t12-,13+,14-/m0/s1. The molecular formula is C17H29NO4. The van der Waals surface area contributed by atoms with E-state index in [1.807, 2.05) is 6.92 Å². The van der Waals surface area contributed by atoms with Gasteiger partial charge in [-0.2, -0.15) is 0 Å². The first-order chi connectivity index (χ1) is 10.5. The van der Waals surface area contributed by atoms with Gasteiger partial charge in [0.25, 0.3) is 0 Å². The van der Waals surface area contributed by atoms with E-state index < -0.39 is 0 Å². The third kappa shape index (κ3) is 3.00. The van der Waals surface area contributed by atoms with Crippen molar-refractivity contribution in [3.8, 4) is 0 Å². The Hall–Kier alpha value is -1.10. The molecule has 3 atom stereocenters. The highest BCUT2D eigenvalue weighted by molar-refractivity contribution is 5.84. The van der Waals surface area contributed by atoms with Crippen molar-refractivity contribution in [3.05, 3.63) is 0 Å². The van der Waals surface area contributed by atoms with Gasteiger partial charge in [0.2, 0.25) is 5.91 Å². The van der Waals surface area contributed by atoms with Crippen molar-refractivity contribution >= 4 is 11.9 Å². The van der Waals surface area contributed by atoms with Gasteiger partial charge >= 0.3 is 5.97 Å². The Kier molecular flexibility index (Phi) is 5.48. The predicted octanol–water partition coefficient (Wildman–Crippen LogP) is 2.38. The van der Waals surface area contributed by atoms with Crippen molar-refractivity contribution in [2.75, 3.05) is 20.2 Å². The highest BCUT2D eigenvalue weighted by atomic mass is 16.6. The van der Waals surface area contributed by atoms with E-state index in [0.29, 0.717) is 19.6 Å². The van der Waals surface area contributed by atoms with E-state index in [0.717, 1.165) is 19.3 Å². The van der Waals surface area contributed by atoms with E-state index in [-0.39, 0.29) is 41.8 Å². The summed E-state index contributed by atoms with van der Waals surface area (Å²) < 4.78 is 11.6. The molecule has 5 heteroatoms. The van der Waals surface area contributed by atoms with E-state index in [4.69, 9.17) is 9.47 Å². The van der Waals surface area contributed by atoms with Crippen LogP contribution in [0.5, 0.6) is 0 Å². The molecule has 5 nitrogen and oxygen atoms in total. The average molecular weight is 311 g/mol. The normalized spacial score (nSPS) is 30.8. The van der Waals surface area contributed by atoms with Crippen molar-refractivity contribution in [2.24, 2.45) is 11.3 Å². The Morgan fingerprint density at radius 2 is 1.95 bits per heavy atom. The number of hydrogen-bond acceptors (Lipinski definition) is 4. The molecule has 0 unspecified atom stereocenters. The molecule has 0 aromatic heterocycles. The van der Waals surface area contributed by atoms with Gasteiger partial charge in [-0.15, -0.1) is 0 Å². The van der Waals surface area contributed by atoms with E-state index in [2.05, 4.69) is 13.8 Å². The topological polar surface area (TPSA) is 55.8 Å². The maximum Gasteiger partial charge on any atom is 0.309 e. The van der Waals surface area contributed by atoms with E-state index in [1.165, 1.54) is 0 Å². The Bertz CT molecular complexity index is 419. The number of amides is 1. The third-order valence-corrected chi connectivity index (χ3v) is 5.65. The fourth-order valence-corrected chi connectivity index (χ4v) is 3.85. The van der Waals surface area contributed by atoms with Crippen LogP contribution in [-0.2, 0) is 19.1 Å². The van der Waals surface area contributed by atoms with Gasteiger partial charge in [-0.1, -0.05) is 13.8 Å². The summed E-state index contributed by atoms with van der Waals surface area (Å²) in [5.41, 5.74) is -0.0544. The van der Waals surface area contributed by atoms with Crippen LogP contribution in [0.3, 0.4) is 0 Å². The molecule has 0 aromatic carbocycles. The summed E-state index contributed by atoms with van der Waals surface area (Å²) in [4.78, 5) is 25.8. The molecule has 22 heavy (non-hydrogen) atoms. The average Bonchev–Trinajstić information content (AvgIpc) is 2.50. The number of ether oxygens (including phenoxy) is 2. The molecular weight excluding hydrogens is 282 g/mol. The van der Waals surface area contributed by atoms with E-state index in [1.54, 1.807) is 11.9 Å². The summed E-state index contributed by atoms with van der Waals surface area (Å²) in [6.45, 7) is 7.59. The highest BCUT2D eigenvalue weighted by Crippen LogP contribution is 2.50. The van der Waals surface area contributed by atoms with Gasteiger partial charge in [0.05, 0.1) is 12.0 Å². The number of piperidine rings is 1. The molecule has 126 valence electrons. The lowest BCUT2D eigenvalue weighted by molar-refractivity contribution is -0.219. The van der Waals surface area contributed by atoms with Gasteiger partial charge in [-0.25, -0.2) is 0 Å². The van der Waals surface area contributed by atoms with Crippen LogP contribution in [0.2, 0.25) is 0 Å². The molecule has 1 amide bonds. The third-order valence-electron chi connectivity index (χ3n) is 5.65. The number of hydrogen-bond donors (Lipinski definition) is 0. The number of nitrogens with zero attached hydrogens (tertiary/aromatic N) is 1. The summed E-state index contributed by atoms with van der Waals surface area (Å²) in [6.07, 6.45) is 3.76. The molecule has 1 saturated heterocycles. The summed E-state index contributed by atoms with van der Waals surface area (Å²) in [5.74, 6) is -0.444. The summed E-state index contributed by atoms with van der Waals surface area (Å²) in [6, 6.07) is 0. The molecule has 0 aromatic rings. The minimum atomic E-state index is -0.277. The summed E-state index contributed by atoms with van der Waals surface area (Å²) in [5, 5.41) is 0. The zero-order valence-electron chi connectivity index (χ0n) is 14.3. The van der Waals surface area contributed by atoms with Crippen LogP contribution in [0.1, 0.15) is 52.9 Å². The number of esters is 1. The Morgan fingerprint density at radius 3 is 2.50 bits per heavy atom. The molecule has 2 aliphatic rings. The Labute approximate surface area is 133 Å². The molecule has 0 radical (unpaired) electrons. The minimum absolute atomic E-state index is 0.0336. The van der Waals surface area contributed by atoms with Crippen LogP contribution in [0.25, 0.3) is 0 Å². The van der Waals surface area contributed by atoms with Crippen LogP contribution in [0, 0.1) is 11.3 Å². The van der Waals surface area contributed by atoms with Crippen molar-refractivity contribution < 1.29 is 19.1 Å². The molecule has 1 heterocycles. The molecule has 0 bridgehead atoms. The van der Waals surface area contributed by atoms with Crippen molar-refractivity contribution in [1.29, 1.82) is 0 Å². The second kappa shape index (κ2) is 6.99. The van der Waals surface area contributed by atoms with Crippen LogP contribution in [-0.4, -0.2) is 49.2 Å². The quantitative estimate of drug-likeness (QED) is 0.707. The first kappa shape index (κ1) is 17.3. The zero-order chi connectivity index (χ0) is 16.3. The summed E-state index contributed by atoms with van der Waals surface area (Å²) in [7, 11) is 1.78. The number of carbonyl (C=O) groups is 2. The summed E-state index contributed by atoms with van der Waals surface area (Å²) >= 11 is 0. The van der Waals surface area contributed by atoms with Crippen molar-refractivity contribution in [2.45, 2.75) is 65.1 Å². The zero-order valence-corrected chi connectivity index (χ0v) is 14.3. The lowest BCUT2D eigenvalue weighted by Crippen LogP contribution is -2.59. The van der Waals surface area contributed by atoms with Crippen LogP contribution in [0.4, 0.5) is 0 Å².